The fourth-order valence-corrected chi connectivity index (χ4v) is 2.86. The summed E-state index contributed by atoms with van der Waals surface area (Å²) >= 11 is 0. The Labute approximate surface area is 159 Å². The standard InChI is InChI=1S/C21H24N2O4/c1-15-3-4-17(13-16(15)2)21(25)27-14-20(24)22-18-5-7-19(8-6-18)23-9-11-26-12-10-23/h3-8,13H,9-12,14H2,1-2H3,(H,22,24). The zero-order chi connectivity index (χ0) is 19.2. The number of nitrogens with one attached hydrogen (secondary N) is 1. The predicted molar refractivity (Wildman–Crippen MR) is 104 cm³/mol. The van der Waals surface area contributed by atoms with Crippen LogP contribution in [0.5, 0.6) is 0 Å². The second kappa shape index (κ2) is 8.68. The quantitative estimate of drug-likeness (QED) is 0.822. The molecule has 2 aromatic carbocycles. The summed E-state index contributed by atoms with van der Waals surface area (Å²) in [5.74, 6) is -0.873. The minimum atomic E-state index is -0.504. The van der Waals surface area contributed by atoms with Gasteiger partial charge in [-0.05, 0) is 61.4 Å². The molecule has 0 aliphatic carbocycles. The Bertz CT molecular complexity index is 811. The molecule has 3 rings (SSSR count). The molecule has 0 atom stereocenters. The number of aryl methyl sites for hydroxylation is 2. The van der Waals surface area contributed by atoms with Gasteiger partial charge in [-0.15, -0.1) is 0 Å². The predicted octanol–water partition coefficient (Wildman–Crippen LogP) is 2.94. The van der Waals surface area contributed by atoms with E-state index < -0.39 is 5.97 Å². The van der Waals surface area contributed by atoms with Crippen LogP contribution in [-0.2, 0) is 14.3 Å². The molecule has 1 saturated heterocycles. The maximum Gasteiger partial charge on any atom is 0.338 e. The van der Waals surface area contributed by atoms with E-state index >= 15 is 0 Å². The van der Waals surface area contributed by atoms with Gasteiger partial charge >= 0.3 is 5.97 Å². The molecule has 0 radical (unpaired) electrons. The van der Waals surface area contributed by atoms with Crippen molar-refractivity contribution < 1.29 is 19.1 Å². The Kier molecular flexibility index (Phi) is 6.08. The number of amides is 1. The van der Waals surface area contributed by atoms with E-state index in [2.05, 4.69) is 10.2 Å². The lowest BCUT2D eigenvalue weighted by molar-refractivity contribution is -0.119. The second-order valence-corrected chi connectivity index (χ2v) is 6.57. The molecule has 142 valence electrons. The van der Waals surface area contributed by atoms with Gasteiger partial charge in [-0.1, -0.05) is 6.07 Å². The third-order valence-corrected chi connectivity index (χ3v) is 4.60. The number of benzene rings is 2. The highest BCUT2D eigenvalue weighted by Gasteiger charge is 2.13. The van der Waals surface area contributed by atoms with Crippen LogP contribution >= 0.6 is 0 Å². The van der Waals surface area contributed by atoms with Crippen LogP contribution in [0.4, 0.5) is 11.4 Å². The third-order valence-electron chi connectivity index (χ3n) is 4.60. The number of carbonyl (C=O) groups excluding carboxylic acids is 2. The summed E-state index contributed by atoms with van der Waals surface area (Å²) in [7, 11) is 0. The Balaban J connectivity index is 1.50. The monoisotopic (exact) mass is 368 g/mol. The molecular formula is C21H24N2O4. The van der Waals surface area contributed by atoms with Crippen molar-refractivity contribution in [1.29, 1.82) is 0 Å². The van der Waals surface area contributed by atoms with E-state index in [-0.39, 0.29) is 12.5 Å². The van der Waals surface area contributed by atoms with E-state index in [1.165, 1.54) is 0 Å². The lowest BCUT2D eigenvalue weighted by Gasteiger charge is -2.28. The zero-order valence-electron chi connectivity index (χ0n) is 15.7. The minimum absolute atomic E-state index is 0.322. The van der Waals surface area contributed by atoms with Crippen LogP contribution in [0.2, 0.25) is 0 Å². The van der Waals surface area contributed by atoms with Gasteiger partial charge in [-0.3, -0.25) is 4.79 Å². The molecule has 0 saturated carbocycles. The molecule has 1 heterocycles. The number of ether oxygens (including phenoxy) is 2. The molecule has 0 bridgehead atoms. The van der Waals surface area contributed by atoms with Gasteiger partial charge in [0.05, 0.1) is 18.8 Å². The largest absolute Gasteiger partial charge is 0.452 e. The fraction of sp³-hybridized carbons (Fsp3) is 0.333. The van der Waals surface area contributed by atoms with Crippen molar-refractivity contribution in [3.63, 3.8) is 0 Å². The maximum absolute atomic E-state index is 12.1. The van der Waals surface area contributed by atoms with E-state index in [9.17, 15) is 9.59 Å². The molecule has 1 amide bonds. The fourth-order valence-electron chi connectivity index (χ4n) is 2.86. The van der Waals surface area contributed by atoms with Gasteiger partial charge in [0.1, 0.15) is 0 Å². The number of esters is 1. The van der Waals surface area contributed by atoms with Crippen LogP contribution < -0.4 is 10.2 Å². The molecule has 1 N–H and O–H groups in total. The van der Waals surface area contributed by atoms with Crippen molar-refractivity contribution in [2.75, 3.05) is 43.1 Å². The number of hydrogen-bond donors (Lipinski definition) is 1. The number of nitrogens with zero attached hydrogens (tertiary/aromatic N) is 1. The van der Waals surface area contributed by atoms with Crippen LogP contribution in [0.25, 0.3) is 0 Å². The Morgan fingerprint density at radius 2 is 1.74 bits per heavy atom. The Morgan fingerprint density at radius 3 is 2.41 bits per heavy atom. The van der Waals surface area contributed by atoms with Crippen LogP contribution in [0.15, 0.2) is 42.5 Å². The summed E-state index contributed by atoms with van der Waals surface area (Å²) in [6.45, 7) is 6.76. The van der Waals surface area contributed by atoms with Crippen molar-refractivity contribution >= 4 is 23.3 Å². The van der Waals surface area contributed by atoms with Gasteiger partial charge in [0, 0.05) is 24.5 Å². The normalized spacial score (nSPS) is 13.9. The lowest BCUT2D eigenvalue weighted by atomic mass is 10.1. The summed E-state index contributed by atoms with van der Waals surface area (Å²) in [5.41, 5.74) is 4.32. The number of rotatable bonds is 5. The summed E-state index contributed by atoms with van der Waals surface area (Å²) in [5, 5.41) is 2.74. The van der Waals surface area contributed by atoms with Gasteiger partial charge < -0.3 is 19.7 Å². The van der Waals surface area contributed by atoms with E-state index in [0.29, 0.717) is 11.3 Å². The molecule has 0 spiro atoms. The number of hydrogen-bond acceptors (Lipinski definition) is 5. The van der Waals surface area contributed by atoms with Crippen molar-refractivity contribution in [1.82, 2.24) is 0 Å². The van der Waals surface area contributed by atoms with Gasteiger partial charge in [-0.2, -0.15) is 0 Å². The van der Waals surface area contributed by atoms with Crippen molar-refractivity contribution in [3.8, 4) is 0 Å². The summed E-state index contributed by atoms with van der Waals surface area (Å²) in [6, 6.07) is 12.9. The molecule has 1 aliphatic heterocycles. The van der Waals surface area contributed by atoms with Crippen LogP contribution in [0, 0.1) is 13.8 Å². The first-order chi connectivity index (χ1) is 13.0. The second-order valence-electron chi connectivity index (χ2n) is 6.57. The van der Waals surface area contributed by atoms with E-state index in [1.54, 1.807) is 12.1 Å². The highest BCUT2D eigenvalue weighted by molar-refractivity contribution is 5.95. The summed E-state index contributed by atoms with van der Waals surface area (Å²) in [4.78, 5) is 26.3. The molecule has 6 heteroatoms. The molecular weight excluding hydrogens is 344 g/mol. The summed E-state index contributed by atoms with van der Waals surface area (Å²) in [6.07, 6.45) is 0. The average Bonchev–Trinajstić information content (AvgIpc) is 2.69. The van der Waals surface area contributed by atoms with Crippen molar-refractivity contribution in [2.45, 2.75) is 13.8 Å². The lowest BCUT2D eigenvalue weighted by Crippen LogP contribution is -2.36. The smallest absolute Gasteiger partial charge is 0.338 e. The Hall–Kier alpha value is -2.86. The van der Waals surface area contributed by atoms with Gasteiger partial charge in [-0.25, -0.2) is 4.79 Å². The molecule has 6 nitrogen and oxygen atoms in total. The molecule has 0 aromatic heterocycles. The van der Waals surface area contributed by atoms with Crippen molar-refractivity contribution in [2.24, 2.45) is 0 Å². The first-order valence-electron chi connectivity index (χ1n) is 9.00. The highest BCUT2D eigenvalue weighted by Crippen LogP contribution is 2.19. The summed E-state index contributed by atoms with van der Waals surface area (Å²) < 4.78 is 10.5. The van der Waals surface area contributed by atoms with E-state index in [0.717, 1.165) is 43.1 Å². The Morgan fingerprint density at radius 1 is 1.04 bits per heavy atom. The maximum atomic E-state index is 12.1. The van der Waals surface area contributed by atoms with E-state index in [1.807, 2.05) is 44.2 Å². The van der Waals surface area contributed by atoms with Crippen LogP contribution in [0.3, 0.4) is 0 Å². The van der Waals surface area contributed by atoms with Gasteiger partial charge in [0.25, 0.3) is 5.91 Å². The van der Waals surface area contributed by atoms with Crippen molar-refractivity contribution in [3.05, 3.63) is 59.2 Å². The topological polar surface area (TPSA) is 67.9 Å². The molecule has 2 aromatic rings. The first kappa shape index (κ1) is 18.9. The average molecular weight is 368 g/mol. The number of carbonyl (C=O) groups is 2. The first-order valence-corrected chi connectivity index (χ1v) is 9.00. The zero-order valence-corrected chi connectivity index (χ0v) is 15.7. The highest BCUT2D eigenvalue weighted by atomic mass is 16.5. The minimum Gasteiger partial charge on any atom is -0.452 e. The van der Waals surface area contributed by atoms with Gasteiger partial charge in [0.15, 0.2) is 6.61 Å². The number of morpholine rings is 1. The SMILES string of the molecule is Cc1ccc(C(=O)OCC(=O)Nc2ccc(N3CCOCC3)cc2)cc1C. The van der Waals surface area contributed by atoms with E-state index in [4.69, 9.17) is 9.47 Å². The van der Waals surface area contributed by atoms with Gasteiger partial charge in [0.2, 0.25) is 0 Å². The van der Waals surface area contributed by atoms with Crippen LogP contribution in [-0.4, -0.2) is 44.8 Å². The molecule has 1 fully saturated rings. The third kappa shape index (κ3) is 5.08. The molecule has 1 aliphatic rings. The molecule has 0 unspecified atom stereocenters. The number of anilines is 2. The van der Waals surface area contributed by atoms with Crippen LogP contribution in [0.1, 0.15) is 21.5 Å². The molecule has 27 heavy (non-hydrogen) atoms.